The molecule has 0 aliphatic heterocycles. The van der Waals surface area contributed by atoms with Crippen molar-refractivity contribution in [1.82, 2.24) is 10.6 Å². The highest BCUT2D eigenvalue weighted by atomic mass is 16.6. The number of ether oxygens (including phenoxy) is 2. The Bertz CT molecular complexity index is 488. The summed E-state index contributed by atoms with van der Waals surface area (Å²) < 4.78 is 10.3. The maximum atomic E-state index is 11.9. The van der Waals surface area contributed by atoms with Crippen LogP contribution in [-0.2, 0) is 9.47 Å². The van der Waals surface area contributed by atoms with E-state index in [2.05, 4.69) is 10.6 Å². The molecule has 0 aliphatic rings. The highest BCUT2D eigenvalue weighted by molar-refractivity contribution is 5.70. The van der Waals surface area contributed by atoms with E-state index in [9.17, 15) is 14.9 Å². The third-order valence-electron chi connectivity index (χ3n) is 2.68. The molecule has 0 bridgehead atoms. The Kier molecular flexibility index (Phi) is 7.51. The molecule has 4 N–H and O–H groups in total. The maximum absolute atomic E-state index is 11.9. The molecule has 0 aliphatic carbocycles. The molecular weight excluding hydrogens is 312 g/mol. The van der Waals surface area contributed by atoms with Crippen molar-refractivity contribution in [3.05, 3.63) is 0 Å². The van der Waals surface area contributed by atoms with Gasteiger partial charge in [0.2, 0.25) is 0 Å². The second kappa shape index (κ2) is 8.20. The number of carbonyl (C=O) groups is 2. The molecule has 0 saturated carbocycles. The molecule has 138 valence electrons. The molecule has 0 aromatic carbocycles. The molecular formula is C16H30N4O4. The number of hydrogen-bond acceptors (Lipinski definition) is 6. The summed E-state index contributed by atoms with van der Waals surface area (Å²) in [4.78, 5) is 23.7. The zero-order chi connectivity index (χ0) is 19.2. The van der Waals surface area contributed by atoms with Crippen LogP contribution in [0.2, 0.25) is 0 Å². The fraction of sp³-hybridized carbons (Fsp3) is 0.812. The zero-order valence-corrected chi connectivity index (χ0v) is 15.6. The second-order valence-corrected chi connectivity index (χ2v) is 7.85. The van der Waals surface area contributed by atoms with Gasteiger partial charge in [-0.3, -0.25) is 0 Å². The predicted octanol–water partition coefficient (Wildman–Crippen LogP) is 2.04. The molecule has 0 radical (unpaired) electrons. The summed E-state index contributed by atoms with van der Waals surface area (Å²) in [5.74, 6) is 0. The summed E-state index contributed by atoms with van der Waals surface area (Å²) in [6.45, 7) is 12.0. The summed E-state index contributed by atoms with van der Waals surface area (Å²) >= 11 is 0. The second-order valence-electron chi connectivity index (χ2n) is 7.85. The highest BCUT2D eigenvalue weighted by Gasteiger charge is 2.32. The van der Waals surface area contributed by atoms with Gasteiger partial charge < -0.3 is 25.8 Å². The van der Waals surface area contributed by atoms with Crippen molar-refractivity contribution in [2.24, 2.45) is 5.73 Å². The minimum Gasteiger partial charge on any atom is -0.444 e. The van der Waals surface area contributed by atoms with E-state index >= 15 is 0 Å². The van der Waals surface area contributed by atoms with Crippen molar-refractivity contribution in [3.63, 3.8) is 0 Å². The number of alkyl carbamates (subject to hydrolysis) is 2. The number of hydrogen-bond donors (Lipinski definition) is 3. The van der Waals surface area contributed by atoms with Gasteiger partial charge in [-0.25, -0.2) is 9.59 Å². The number of nitrogens with one attached hydrogen (secondary N) is 2. The van der Waals surface area contributed by atoms with E-state index < -0.39 is 35.0 Å². The van der Waals surface area contributed by atoms with E-state index in [1.54, 1.807) is 41.5 Å². The molecule has 0 heterocycles. The van der Waals surface area contributed by atoms with Gasteiger partial charge in [-0.15, -0.1) is 0 Å². The number of rotatable bonds is 5. The average Bonchev–Trinajstić information content (AvgIpc) is 2.32. The third-order valence-corrected chi connectivity index (χ3v) is 2.68. The van der Waals surface area contributed by atoms with Gasteiger partial charge in [-0.2, -0.15) is 5.26 Å². The van der Waals surface area contributed by atoms with Gasteiger partial charge in [0.25, 0.3) is 0 Å². The SMILES string of the molecule is CC(C)(C)OC(=O)N[C@H](CN)C[C@](C)(C#N)NC(=O)OC(C)(C)C. The number of carbonyl (C=O) groups excluding carboxylic acids is 2. The van der Waals surface area contributed by atoms with Crippen LogP contribution in [0.1, 0.15) is 54.9 Å². The molecule has 2 amide bonds. The standard InChI is InChI=1S/C16H30N4O4/c1-14(2,3)23-12(21)19-11(9-17)8-16(7,10-18)20-13(22)24-15(4,5)6/h11H,8-9,17H2,1-7H3,(H,19,21)(H,20,22)/t11-,16+/m0/s1. The smallest absolute Gasteiger partial charge is 0.408 e. The van der Waals surface area contributed by atoms with Gasteiger partial charge >= 0.3 is 12.2 Å². The van der Waals surface area contributed by atoms with Crippen molar-refractivity contribution >= 4 is 12.2 Å². The lowest BCUT2D eigenvalue weighted by Crippen LogP contribution is -2.53. The summed E-state index contributed by atoms with van der Waals surface area (Å²) in [6.07, 6.45) is -1.23. The van der Waals surface area contributed by atoms with Crippen LogP contribution in [0.25, 0.3) is 0 Å². The first-order chi connectivity index (χ1) is 10.7. The topological polar surface area (TPSA) is 126 Å². The first-order valence-electron chi connectivity index (χ1n) is 7.82. The van der Waals surface area contributed by atoms with Gasteiger partial charge in [0.15, 0.2) is 0 Å². The lowest BCUT2D eigenvalue weighted by atomic mass is 9.94. The van der Waals surface area contributed by atoms with Crippen molar-refractivity contribution in [3.8, 4) is 6.07 Å². The monoisotopic (exact) mass is 342 g/mol. The number of nitrogens with zero attached hydrogens (tertiary/aromatic N) is 1. The van der Waals surface area contributed by atoms with E-state index in [1.807, 2.05) is 6.07 Å². The van der Waals surface area contributed by atoms with Gasteiger partial charge in [0.05, 0.1) is 6.07 Å². The molecule has 8 nitrogen and oxygen atoms in total. The fourth-order valence-electron chi connectivity index (χ4n) is 1.81. The fourth-order valence-corrected chi connectivity index (χ4v) is 1.81. The molecule has 24 heavy (non-hydrogen) atoms. The van der Waals surface area contributed by atoms with Crippen LogP contribution in [0, 0.1) is 11.3 Å². The first kappa shape index (κ1) is 22.0. The summed E-state index contributed by atoms with van der Waals surface area (Å²) in [6, 6.07) is 1.48. The minimum atomic E-state index is -1.25. The van der Waals surface area contributed by atoms with Crippen molar-refractivity contribution in [2.75, 3.05) is 6.54 Å². The summed E-state index contributed by atoms with van der Waals surface area (Å²) in [7, 11) is 0. The molecule has 0 spiro atoms. The lowest BCUT2D eigenvalue weighted by Gasteiger charge is -2.30. The van der Waals surface area contributed by atoms with Crippen LogP contribution < -0.4 is 16.4 Å². The van der Waals surface area contributed by atoms with Crippen molar-refractivity contribution in [2.45, 2.75) is 77.7 Å². The van der Waals surface area contributed by atoms with Crippen LogP contribution >= 0.6 is 0 Å². The maximum Gasteiger partial charge on any atom is 0.408 e. The van der Waals surface area contributed by atoms with Crippen molar-refractivity contribution in [1.29, 1.82) is 5.26 Å². The Morgan fingerprint density at radius 1 is 1.04 bits per heavy atom. The van der Waals surface area contributed by atoms with E-state index in [0.29, 0.717) is 0 Å². The van der Waals surface area contributed by atoms with Crippen LogP contribution in [0.15, 0.2) is 0 Å². The average molecular weight is 342 g/mol. The van der Waals surface area contributed by atoms with Crippen LogP contribution in [-0.4, -0.2) is 41.5 Å². The number of amides is 2. The Labute approximate surface area is 144 Å². The Balaban J connectivity index is 4.83. The van der Waals surface area contributed by atoms with Crippen LogP contribution in [0.5, 0.6) is 0 Å². The Hall–Kier alpha value is -2.01. The van der Waals surface area contributed by atoms with Crippen molar-refractivity contribution < 1.29 is 19.1 Å². The quantitative estimate of drug-likeness (QED) is 0.701. The Morgan fingerprint density at radius 3 is 1.88 bits per heavy atom. The normalized spacial score (nSPS) is 15.5. The molecule has 8 heteroatoms. The number of nitriles is 1. The number of nitrogens with two attached hydrogens (primary N) is 1. The lowest BCUT2D eigenvalue weighted by molar-refractivity contribution is 0.0467. The van der Waals surface area contributed by atoms with E-state index in [4.69, 9.17) is 15.2 Å². The molecule has 0 fully saturated rings. The minimum absolute atomic E-state index is 0.0898. The van der Waals surface area contributed by atoms with Gasteiger partial charge in [-0.1, -0.05) is 0 Å². The molecule has 0 rings (SSSR count). The molecule has 0 saturated heterocycles. The van der Waals surface area contributed by atoms with Gasteiger partial charge in [0, 0.05) is 19.0 Å². The molecule has 0 aromatic rings. The summed E-state index contributed by atoms with van der Waals surface area (Å²) in [5, 5.41) is 14.5. The van der Waals surface area contributed by atoms with Crippen LogP contribution in [0.3, 0.4) is 0 Å². The molecule has 0 aromatic heterocycles. The van der Waals surface area contributed by atoms with Crippen LogP contribution in [0.4, 0.5) is 9.59 Å². The van der Waals surface area contributed by atoms with Gasteiger partial charge in [-0.05, 0) is 48.5 Å². The zero-order valence-electron chi connectivity index (χ0n) is 15.6. The molecule has 0 unspecified atom stereocenters. The summed E-state index contributed by atoms with van der Waals surface area (Å²) in [5.41, 5.74) is 3.09. The van der Waals surface area contributed by atoms with Gasteiger partial charge in [0.1, 0.15) is 16.7 Å². The molecule has 2 atom stereocenters. The van der Waals surface area contributed by atoms with E-state index in [-0.39, 0.29) is 13.0 Å². The Morgan fingerprint density at radius 2 is 1.50 bits per heavy atom. The van der Waals surface area contributed by atoms with E-state index in [1.165, 1.54) is 6.92 Å². The largest absolute Gasteiger partial charge is 0.444 e. The highest BCUT2D eigenvalue weighted by Crippen LogP contribution is 2.15. The third kappa shape index (κ3) is 9.90. The first-order valence-corrected chi connectivity index (χ1v) is 7.82. The van der Waals surface area contributed by atoms with E-state index in [0.717, 1.165) is 0 Å². The predicted molar refractivity (Wildman–Crippen MR) is 90.2 cm³/mol.